The van der Waals surface area contributed by atoms with Crippen molar-refractivity contribution < 1.29 is 0 Å². The van der Waals surface area contributed by atoms with Crippen molar-refractivity contribution in [1.29, 1.82) is 0 Å². The molecule has 0 amide bonds. The molecule has 0 N–H and O–H groups in total. The van der Waals surface area contributed by atoms with Crippen molar-refractivity contribution in [2.75, 3.05) is 0 Å². The Hall–Kier alpha value is -0.260. The number of fused-ring (bicyclic) bond motifs is 7. The molecular weight excluding hydrogens is 384 g/mol. The minimum atomic E-state index is 0.341. The van der Waals surface area contributed by atoms with Crippen molar-refractivity contribution in [3.63, 3.8) is 0 Å². The lowest BCUT2D eigenvalue weighted by atomic mass is 9.31. The lowest BCUT2D eigenvalue weighted by Crippen LogP contribution is -2.66. The Kier molecular flexibility index (Phi) is 5.41. The average molecular weight is 438 g/mol. The first-order chi connectivity index (χ1) is 15.0. The van der Waals surface area contributed by atoms with Gasteiger partial charge in [0.25, 0.3) is 0 Å². The number of hydrogen-bond acceptors (Lipinski definition) is 0. The lowest BCUT2D eigenvalue weighted by Gasteiger charge is -2.73. The van der Waals surface area contributed by atoms with E-state index in [2.05, 4.69) is 54.2 Å². The smallest absolute Gasteiger partial charge is 0.0199 e. The molecule has 1 radical (unpaired) electrons. The van der Waals surface area contributed by atoms with Crippen LogP contribution in [0.25, 0.3) is 0 Å². The zero-order valence-corrected chi connectivity index (χ0v) is 22.4. The van der Waals surface area contributed by atoms with Gasteiger partial charge in [-0.2, -0.15) is 0 Å². The van der Waals surface area contributed by atoms with Crippen LogP contribution in [-0.4, -0.2) is 0 Å². The SMILES string of the molecule is [CH2][C@]12CC[C@@H](C=C)[C@@H]1C1CC[C@@H]3[C@@]4(C)CCC(CC)C(C)(C)[C@@H]4CC[C@@]3(C)[C@]1(CC)CC2. The molecule has 5 rings (SSSR count). The maximum atomic E-state index is 4.94. The Balaban J connectivity index is 1.56. The number of rotatable bonds is 3. The molecule has 0 aromatic heterocycles. The fourth-order valence-corrected chi connectivity index (χ4v) is 12.5. The van der Waals surface area contributed by atoms with Crippen LogP contribution in [0.2, 0.25) is 0 Å². The van der Waals surface area contributed by atoms with Crippen LogP contribution in [-0.2, 0) is 0 Å². The molecule has 0 heteroatoms. The van der Waals surface area contributed by atoms with Gasteiger partial charge in [0.2, 0.25) is 0 Å². The normalized spacial score (nSPS) is 56.5. The topological polar surface area (TPSA) is 0 Å². The largest absolute Gasteiger partial charge is 0.103 e. The zero-order valence-electron chi connectivity index (χ0n) is 22.4. The molecule has 0 aromatic rings. The summed E-state index contributed by atoms with van der Waals surface area (Å²) in [5, 5.41) is 0. The Morgan fingerprint density at radius 3 is 2.22 bits per heavy atom. The molecule has 10 atom stereocenters. The summed E-state index contributed by atoms with van der Waals surface area (Å²) in [7, 11) is 0. The first kappa shape index (κ1) is 23.5. The molecule has 0 saturated heterocycles. The fourth-order valence-electron chi connectivity index (χ4n) is 12.5. The van der Waals surface area contributed by atoms with Gasteiger partial charge in [-0.3, -0.25) is 0 Å². The van der Waals surface area contributed by atoms with Gasteiger partial charge in [-0.05, 0) is 140 Å². The quantitative estimate of drug-likeness (QED) is 0.385. The third kappa shape index (κ3) is 2.68. The van der Waals surface area contributed by atoms with Crippen molar-refractivity contribution in [1.82, 2.24) is 0 Å². The van der Waals surface area contributed by atoms with E-state index in [4.69, 9.17) is 6.92 Å². The van der Waals surface area contributed by atoms with E-state index in [0.29, 0.717) is 27.1 Å². The van der Waals surface area contributed by atoms with Crippen LogP contribution in [0, 0.1) is 69.5 Å². The Morgan fingerprint density at radius 2 is 1.56 bits per heavy atom. The van der Waals surface area contributed by atoms with Crippen LogP contribution in [0.1, 0.15) is 119 Å². The highest BCUT2D eigenvalue weighted by Gasteiger charge is 2.70. The Bertz CT molecular complexity index is 747. The monoisotopic (exact) mass is 437 g/mol. The standard InChI is InChI=1S/C32H53/c1-9-22-14-17-29(6)20-21-32(11-3)24(27(22)29)12-13-26-30(7)18-15-23(10-2)28(4,5)25(30)16-19-31(26,32)8/h9,22-27H,1,6,10-21H2,2-5,7-8H3/t22-,23?,24?,25+,26-,27-,29-,30+,31-,32-/m1/s1. The molecule has 5 saturated carbocycles. The second-order valence-electron chi connectivity index (χ2n) is 14.6. The van der Waals surface area contributed by atoms with Crippen LogP contribution in [0.15, 0.2) is 12.7 Å². The number of hydrogen-bond donors (Lipinski definition) is 0. The predicted octanol–water partition coefficient (Wildman–Crippen LogP) is 9.50. The predicted molar refractivity (Wildman–Crippen MR) is 138 cm³/mol. The first-order valence-electron chi connectivity index (χ1n) is 14.5. The van der Waals surface area contributed by atoms with E-state index in [-0.39, 0.29) is 0 Å². The molecule has 0 spiro atoms. The molecule has 181 valence electrons. The van der Waals surface area contributed by atoms with Gasteiger partial charge in [-0.15, -0.1) is 6.58 Å². The van der Waals surface area contributed by atoms with Gasteiger partial charge < -0.3 is 0 Å². The molecule has 0 heterocycles. The van der Waals surface area contributed by atoms with Gasteiger partial charge in [0.1, 0.15) is 0 Å². The summed E-state index contributed by atoms with van der Waals surface area (Å²) >= 11 is 0. The minimum absolute atomic E-state index is 0.341. The molecule has 0 aliphatic heterocycles. The van der Waals surface area contributed by atoms with Crippen molar-refractivity contribution in [2.45, 2.75) is 119 Å². The second kappa shape index (κ2) is 7.37. The molecular formula is C32H53. The molecule has 5 aliphatic rings. The molecule has 2 unspecified atom stereocenters. The zero-order chi connectivity index (χ0) is 23.2. The highest BCUT2D eigenvalue weighted by atomic mass is 14.7. The second-order valence-corrected chi connectivity index (χ2v) is 14.6. The molecule has 32 heavy (non-hydrogen) atoms. The summed E-state index contributed by atoms with van der Waals surface area (Å²) in [5.74, 6) is 5.16. The van der Waals surface area contributed by atoms with Crippen molar-refractivity contribution in [3.8, 4) is 0 Å². The Labute approximate surface area is 200 Å². The molecule has 0 nitrogen and oxygen atoms in total. The van der Waals surface area contributed by atoms with Crippen molar-refractivity contribution in [3.05, 3.63) is 19.6 Å². The van der Waals surface area contributed by atoms with Crippen LogP contribution < -0.4 is 0 Å². The van der Waals surface area contributed by atoms with Gasteiger partial charge in [-0.1, -0.05) is 54.0 Å². The Morgan fingerprint density at radius 1 is 0.812 bits per heavy atom. The number of allylic oxidation sites excluding steroid dienone is 1. The van der Waals surface area contributed by atoms with Crippen LogP contribution >= 0.6 is 0 Å². The summed E-state index contributed by atoms with van der Waals surface area (Å²) in [6.45, 7) is 25.2. The molecule has 0 aromatic carbocycles. The van der Waals surface area contributed by atoms with Gasteiger partial charge in [0.05, 0.1) is 0 Å². The van der Waals surface area contributed by atoms with Crippen LogP contribution in [0.5, 0.6) is 0 Å². The average Bonchev–Trinajstić information content (AvgIpc) is 3.09. The van der Waals surface area contributed by atoms with Gasteiger partial charge in [0.15, 0.2) is 0 Å². The van der Waals surface area contributed by atoms with Gasteiger partial charge in [-0.25, -0.2) is 0 Å². The third-order valence-corrected chi connectivity index (χ3v) is 14.0. The van der Waals surface area contributed by atoms with E-state index in [0.717, 1.165) is 35.5 Å². The van der Waals surface area contributed by atoms with E-state index >= 15 is 0 Å². The van der Waals surface area contributed by atoms with E-state index in [9.17, 15) is 0 Å². The lowest BCUT2D eigenvalue weighted by molar-refractivity contribution is -0.246. The van der Waals surface area contributed by atoms with E-state index in [1.54, 1.807) is 0 Å². The van der Waals surface area contributed by atoms with Crippen LogP contribution in [0.3, 0.4) is 0 Å². The van der Waals surface area contributed by atoms with Crippen molar-refractivity contribution >= 4 is 0 Å². The van der Waals surface area contributed by atoms with Crippen molar-refractivity contribution in [2.24, 2.45) is 62.6 Å². The highest BCUT2D eigenvalue weighted by molar-refractivity contribution is 5.21. The summed E-state index contributed by atoms with van der Waals surface area (Å²) in [6, 6.07) is 0. The maximum Gasteiger partial charge on any atom is -0.0199 e. The molecule has 5 aliphatic carbocycles. The molecule has 0 bridgehead atoms. The van der Waals surface area contributed by atoms with Gasteiger partial charge in [0, 0.05) is 0 Å². The summed E-state index contributed by atoms with van der Waals surface area (Å²) < 4.78 is 0. The third-order valence-electron chi connectivity index (χ3n) is 14.0. The minimum Gasteiger partial charge on any atom is -0.103 e. The van der Waals surface area contributed by atoms with Gasteiger partial charge >= 0.3 is 0 Å². The first-order valence-corrected chi connectivity index (χ1v) is 14.5. The highest BCUT2D eigenvalue weighted by Crippen LogP contribution is 2.78. The van der Waals surface area contributed by atoms with Crippen LogP contribution in [0.4, 0.5) is 0 Å². The fraction of sp³-hybridized carbons (Fsp3) is 0.906. The maximum absolute atomic E-state index is 4.94. The summed E-state index contributed by atoms with van der Waals surface area (Å²) in [5.41, 5.74) is 2.44. The summed E-state index contributed by atoms with van der Waals surface area (Å²) in [4.78, 5) is 0. The summed E-state index contributed by atoms with van der Waals surface area (Å²) in [6.07, 6.45) is 19.5. The van der Waals surface area contributed by atoms with E-state index < -0.39 is 0 Å². The van der Waals surface area contributed by atoms with E-state index in [1.165, 1.54) is 77.0 Å². The molecule has 5 fully saturated rings. The van der Waals surface area contributed by atoms with E-state index in [1.807, 2.05) is 0 Å².